The van der Waals surface area contributed by atoms with Crippen LogP contribution in [-0.4, -0.2) is 14.5 Å². The topological polar surface area (TPSA) is 30.7 Å². The van der Waals surface area contributed by atoms with Crippen LogP contribution in [0.5, 0.6) is 0 Å². The number of hydrogen-bond acceptors (Lipinski definition) is 2. The lowest BCUT2D eigenvalue weighted by Gasteiger charge is -2.31. The molecule has 3 nitrogen and oxygen atoms in total. The second-order valence-corrected chi connectivity index (χ2v) is 16.7. The summed E-state index contributed by atoms with van der Waals surface area (Å²) in [5, 5.41) is 1.46. The summed E-state index contributed by atoms with van der Waals surface area (Å²) in [6, 6.07) is 14.3. The van der Waals surface area contributed by atoms with Gasteiger partial charge in [-0.15, -0.1) is 0 Å². The molecule has 262 valence electrons. The molecule has 0 aliphatic heterocycles. The van der Waals surface area contributed by atoms with Crippen molar-refractivity contribution in [2.24, 2.45) is 0 Å². The lowest BCUT2D eigenvalue weighted by Crippen LogP contribution is -2.22. The van der Waals surface area contributed by atoms with Crippen LogP contribution in [0.1, 0.15) is 154 Å². The van der Waals surface area contributed by atoms with Gasteiger partial charge >= 0.3 is 0 Å². The summed E-state index contributed by atoms with van der Waals surface area (Å²) in [6.07, 6.45) is 38.8. The Balaban J connectivity index is 1.13. The Bertz CT molecular complexity index is 2280. The van der Waals surface area contributed by atoms with Crippen molar-refractivity contribution in [1.29, 1.82) is 0 Å². The molecule has 0 fully saturated rings. The molecule has 2 heterocycles. The highest BCUT2D eigenvalue weighted by atomic mass is 15.0. The van der Waals surface area contributed by atoms with Gasteiger partial charge in [-0.05, 0) is 129 Å². The average molecular weight is 682 g/mol. The Hall–Kier alpha value is -4.50. The highest BCUT2D eigenvalue weighted by Crippen LogP contribution is 2.54. The molecule has 3 atom stereocenters. The lowest BCUT2D eigenvalue weighted by atomic mass is 9.81. The Morgan fingerprint density at radius 3 is 2.38 bits per heavy atom. The van der Waals surface area contributed by atoms with Gasteiger partial charge in [0.1, 0.15) is 5.82 Å². The third-order valence-electron chi connectivity index (χ3n) is 13.2. The molecule has 0 saturated carbocycles. The van der Waals surface area contributed by atoms with Crippen molar-refractivity contribution in [1.82, 2.24) is 14.5 Å². The fourth-order valence-electron chi connectivity index (χ4n) is 10.6. The molecule has 52 heavy (non-hydrogen) atoms. The molecule has 0 spiro atoms. The molecule has 0 radical (unpaired) electrons. The predicted molar refractivity (Wildman–Crippen MR) is 218 cm³/mol. The van der Waals surface area contributed by atoms with Gasteiger partial charge in [-0.1, -0.05) is 105 Å². The number of nitrogens with zero attached hydrogens (tertiary/aromatic N) is 3. The Labute approximate surface area is 309 Å². The van der Waals surface area contributed by atoms with E-state index in [4.69, 9.17) is 9.97 Å². The molecule has 0 saturated heterocycles. The van der Waals surface area contributed by atoms with Gasteiger partial charge < -0.3 is 4.57 Å². The van der Waals surface area contributed by atoms with Gasteiger partial charge in [-0.2, -0.15) is 0 Å². The fourth-order valence-corrected chi connectivity index (χ4v) is 10.6. The van der Waals surface area contributed by atoms with Gasteiger partial charge in [0.05, 0.1) is 16.9 Å². The first kappa shape index (κ1) is 32.2. The van der Waals surface area contributed by atoms with Gasteiger partial charge in [-0.25, -0.2) is 9.97 Å². The molecule has 2 aromatic carbocycles. The standard InChI is InChI=1S/C49H51N3/c1-49(2)41-27-14-12-25-37(41)39-29-30-40-38-26-13-15-28-42(38)52(47(40)44(39)49)36-24-16-23-35(31-36)48-50-45(33-19-8-4-9-20-33)43(32-17-6-3-7-18-32)46(51-48)34-21-10-5-11-22-34/h4,8-9,12,14-17,19,21,23,25,27-30,33,35-36H,3,5-7,10-11,13,18,20,22,24,26,31H2,1-2H3. The van der Waals surface area contributed by atoms with Gasteiger partial charge in [0.25, 0.3) is 0 Å². The van der Waals surface area contributed by atoms with Crippen molar-refractivity contribution in [3.05, 3.63) is 136 Å². The molecule has 6 aliphatic carbocycles. The number of fused-ring (bicyclic) bond motifs is 7. The minimum Gasteiger partial charge on any atom is -0.337 e. The highest BCUT2D eigenvalue weighted by molar-refractivity contribution is 5.99. The molecule has 2 aromatic heterocycles. The molecular formula is C49H51N3. The third-order valence-corrected chi connectivity index (χ3v) is 13.2. The summed E-state index contributed by atoms with van der Waals surface area (Å²) >= 11 is 0. The van der Waals surface area contributed by atoms with Crippen molar-refractivity contribution >= 4 is 28.1 Å². The van der Waals surface area contributed by atoms with Crippen molar-refractivity contribution in [3.63, 3.8) is 0 Å². The quantitative estimate of drug-likeness (QED) is 0.196. The Morgan fingerprint density at radius 2 is 1.58 bits per heavy atom. The van der Waals surface area contributed by atoms with E-state index in [1.165, 1.54) is 98.2 Å². The largest absolute Gasteiger partial charge is 0.337 e. The van der Waals surface area contributed by atoms with E-state index >= 15 is 0 Å². The van der Waals surface area contributed by atoms with Crippen molar-refractivity contribution in [2.75, 3.05) is 0 Å². The normalized spacial score (nSPS) is 24.4. The molecular weight excluding hydrogens is 631 g/mol. The van der Waals surface area contributed by atoms with Crippen LogP contribution in [0.25, 0.3) is 39.3 Å². The Morgan fingerprint density at radius 1 is 0.731 bits per heavy atom. The van der Waals surface area contributed by atoms with E-state index in [-0.39, 0.29) is 17.3 Å². The van der Waals surface area contributed by atoms with E-state index < -0.39 is 0 Å². The van der Waals surface area contributed by atoms with E-state index in [1.807, 2.05) is 0 Å². The summed E-state index contributed by atoms with van der Waals surface area (Å²) in [4.78, 5) is 11.4. The van der Waals surface area contributed by atoms with Crippen molar-refractivity contribution in [3.8, 4) is 11.1 Å². The molecule has 4 aromatic rings. The number of aromatic nitrogens is 3. The zero-order valence-corrected chi connectivity index (χ0v) is 31.0. The molecule has 10 rings (SSSR count). The van der Waals surface area contributed by atoms with Crippen LogP contribution in [0.3, 0.4) is 0 Å². The molecule has 0 bridgehead atoms. The highest BCUT2D eigenvalue weighted by Gasteiger charge is 2.40. The summed E-state index contributed by atoms with van der Waals surface area (Å²) < 4.78 is 2.78. The maximum Gasteiger partial charge on any atom is 0.136 e. The number of hydrogen-bond donors (Lipinski definition) is 0. The monoisotopic (exact) mass is 681 g/mol. The molecule has 0 amide bonds. The zero-order valence-electron chi connectivity index (χ0n) is 31.0. The first-order valence-electron chi connectivity index (χ1n) is 20.3. The second kappa shape index (κ2) is 12.9. The van der Waals surface area contributed by atoms with Crippen LogP contribution in [0, 0.1) is 0 Å². The summed E-state index contributed by atoms with van der Waals surface area (Å²) in [5.41, 5.74) is 16.9. The SMILES string of the molecule is CC1(C)c2ccccc2-c2ccc3c4c(n(C5CC=CC(c6nc(C7=CCCCC7)c(C7=CCCCC7)c(C7C=CC=CC7)n6)C5)c3c21)C=CCC4. The Kier molecular flexibility index (Phi) is 7.96. The van der Waals surface area contributed by atoms with Crippen LogP contribution in [-0.2, 0) is 11.8 Å². The fraction of sp³-hybridized carbons (Fsp3) is 0.388. The molecule has 3 heteroatoms. The van der Waals surface area contributed by atoms with Gasteiger partial charge in [0.2, 0.25) is 0 Å². The summed E-state index contributed by atoms with van der Waals surface area (Å²) in [5.74, 6) is 1.48. The number of rotatable bonds is 5. The predicted octanol–water partition coefficient (Wildman–Crippen LogP) is 12.9. The first-order valence-corrected chi connectivity index (χ1v) is 20.3. The third kappa shape index (κ3) is 5.13. The summed E-state index contributed by atoms with van der Waals surface area (Å²) in [7, 11) is 0. The number of benzene rings is 2. The minimum absolute atomic E-state index is 0.0655. The van der Waals surface area contributed by atoms with Crippen LogP contribution >= 0.6 is 0 Å². The van der Waals surface area contributed by atoms with Gasteiger partial charge in [0.15, 0.2) is 0 Å². The van der Waals surface area contributed by atoms with E-state index in [0.717, 1.165) is 63.6 Å². The van der Waals surface area contributed by atoms with E-state index in [1.54, 1.807) is 0 Å². The first-order chi connectivity index (χ1) is 25.6. The number of allylic oxidation sites excluding steroid dienone is 11. The van der Waals surface area contributed by atoms with Crippen LogP contribution in [0.2, 0.25) is 0 Å². The number of aryl methyl sites for hydroxylation is 1. The van der Waals surface area contributed by atoms with E-state index in [2.05, 4.69) is 116 Å². The van der Waals surface area contributed by atoms with E-state index in [0.29, 0.717) is 6.04 Å². The van der Waals surface area contributed by atoms with Crippen LogP contribution < -0.4 is 0 Å². The van der Waals surface area contributed by atoms with Gasteiger partial charge in [-0.3, -0.25) is 0 Å². The molecule has 3 unspecified atom stereocenters. The molecule has 0 N–H and O–H groups in total. The smallest absolute Gasteiger partial charge is 0.136 e. The molecule has 6 aliphatic rings. The lowest BCUT2D eigenvalue weighted by molar-refractivity contribution is 0.433. The summed E-state index contributed by atoms with van der Waals surface area (Å²) in [6.45, 7) is 4.89. The van der Waals surface area contributed by atoms with Gasteiger partial charge in [0, 0.05) is 39.9 Å². The maximum atomic E-state index is 5.69. The zero-order chi connectivity index (χ0) is 34.8. The van der Waals surface area contributed by atoms with Crippen molar-refractivity contribution < 1.29 is 0 Å². The minimum atomic E-state index is -0.0655. The second-order valence-electron chi connectivity index (χ2n) is 16.7. The van der Waals surface area contributed by atoms with Crippen molar-refractivity contribution in [2.45, 2.75) is 121 Å². The maximum absolute atomic E-state index is 5.69. The van der Waals surface area contributed by atoms with E-state index in [9.17, 15) is 0 Å². The van der Waals surface area contributed by atoms with Crippen LogP contribution in [0.4, 0.5) is 0 Å². The average Bonchev–Trinajstić information content (AvgIpc) is 3.67. The van der Waals surface area contributed by atoms with Crippen LogP contribution in [0.15, 0.2) is 91.1 Å².